The normalized spacial score (nSPS) is 14.4. The van der Waals surface area contributed by atoms with Crippen LogP contribution < -0.4 is 10.5 Å². The summed E-state index contributed by atoms with van der Waals surface area (Å²) in [7, 11) is 1.87. The van der Waals surface area contributed by atoms with Crippen LogP contribution in [0.3, 0.4) is 0 Å². The molecule has 1 fully saturated rings. The van der Waals surface area contributed by atoms with Gasteiger partial charge < -0.3 is 4.90 Å². The molecule has 0 radical (unpaired) electrons. The van der Waals surface area contributed by atoms with Crippen LogP contribution in [-0.2, 0) is 13.6 Å². The van der Waals surface area contributed by atoms with Gasteiger partial charge in [-0.15, -0.1) is 0 Å². The van der Waals surface area contributed by atoms with E-state index in [4.69, 9.17) is 0 Å². The van der Waals surface area contributed by atoms with Crippen molar-refractivity contribution >= 4 is 16.9 Å². The highest BCUT2D eigenvalue weighted by Crippen LogP contribution is 2.28. The van der Waals surface area contributed by atoms with Gasteiger partial charge in [-0.2, -0.15) is 10.2 Å². The molecule has 0 aliphatic carbocycles. The van der Waals surface area contributed by atoms with E-state index in [1.54, 1.807) is 40.2 Å². The number of aryl methyl sites for hydroxylation is 1. The van der Waals surface area contributed by atoms with Crippen molar-refractivity contribution in [3.63, 3.8) is 0 Å². The Labute approximate surface area is 160 Å². The lowest BCUT2D eigenvalue weighted by molar-refractivity contribution is 0.334. The largest absolute Gasteiger partial charge is 0.355 e. The Morgan fingerprint density at radius 3 is 2.71 bits per heavy atom. The monoisotopic (exact) mass is 374 g/mol. The molecule has 0 bridgehead atoms. The lowest BCUT2D eigenvalue weighted by Gasteiger charge is -2.40. The summed E-state index contributed by atoms with van der Waals surface area (Å²) in [5.74, 6) is 1.22. The molecule has 4 aromatic heterocycles. The Kier molecular flexibility index (Phi) is 3.85. The number of nitrogens with zero attached hydrogens (tertiary/aromatic N) is 8. The number of hydrogen-bond donors (Lipinski definition) is 0. The van der Waals surface area contributed by atoms with Gasteiger partial charge in [-0.3, -0.25) is 14.5 Å². The van der Waals surface area contributed by atoms with E-state index in [0.717, 1.165) is 35.6 Å². The topological polar surface area (TPSA) is 94.6 Å². The highest BCUT2D eigenvalue weighted by Gasteiger charge is 2.30. The van der Waals surface area contributed by atoms with Gasteiger partial charge >= 0.3 is 0 Å². The minimum Gasteiger partial charge on any atom is -0.355 e. The van der Waals surface area contributed by atoms with Crippen molar-refractivity contribution in [2.24, 2.45) is 13.0 Å². The molecule has 0 spiro atoms. The maximum Gasteiger partial charge on any atom is 0.266 e. The molecular formula is C19H18N8O. The van der Waals surface area contributed by atoms with Gasteiger partial charge in [0, 0.05) is 56.3 Å². The summed E-state index contributed by atoms with van der Waals surface area (Å²) in [4.78, 5) is 27.1. The van der Waals surface area contributed by atoms with E-state index in [1.807, 2.05) is 25.4 Å². The predicted molar refractivity (Wildman–Crippen MR) is 104 cm³/mol. The Morgan fingerprint density at radius 1 is 1.07 bits per heavy atom. The van der Waals surface area contributed by atoms with Gasteiger partial charge in [0.15, 0.2) is 5.65 Å². The molecule has 0 amide bonds. The summed E-state index contributed by atoms with van der Waals surface area (Å²) in [6, 6.07) is 7.09. The van der Waals surface area contributed by atoms with Gasteiger partial charge in [-0.05, 0) is 18.2 Å². The van der Waals surface area contributed by atoms with E-state index < -0.39 is 0 Å². The van der Waals surface area contributed by atoms with Crippen molar-refractivity contribution in [1.82, 2.24) is 34.5 Å². The average molecular weight is 374 g/mol. The smallest absolute Gasteiger partial charge is 0.266 e. The van der Waals surface area contributed by atoms with E-state index in [2.05, 4.69) is 30.0 Å². The first-order valence-corrected chi connectivity index (χ1v) is 9.05. The van der Waals surface area contributed by atoms with Crippen molar-refractivity contribution in [3.05, 3.63) is 59.5 Å². The second-order valence-corrected chi connectivity index (χ2v) is 6.98. The third-order valence-corrected chi connectivity index (χ3v) is 4.94. The van der Waals surface area contributed by atoms with Crippen molar-refractivity contribution in [1.29, 1.82) is 0 Å². The van der Waals surface area contributed by atoms with Gasteiger partial charge in [-0.25, -0.2) is 14.6 Å². The van der Waals surface area contributed by atoms with Crippen LogP contribution in [0, 0.1) is 5.92 Å². The predicted octanol–water partition coefficient (Wildman–Crippen LogP) is 1.12. The van der Waals surface area contributed by atoms with E-state index >= 15 is 0 Å². The number of hydrogen-bond acceptors (Lipinski definition) is 7. The first-order chi connectivity index (χ1) is 13.7. The fourth-order valence-corrected chi connectivity index (χ4v) is 3.55. The molecule has 0 aromatic carbocycles. The van der Waals surface area contributed by atoms with Crippen LogP contribution in [0.1, 0.15) is 0 Å². The highest BCUT2D eigenvalue weighted by molar-refractivity contribution is 5.86. The maximum absolute atomic E-state index is 12.3. The molecule has 5 heterocycles. The maximum atomic E-state index is 12.3. The zero-order valence-corrected chi connectivity index (χ0v) is 15.3. The van der Waals surface area contributed by atoms with Gasteiger partial charge in [0.1, 0.15) is 12.1 Å². The van der Waals surface area contributed by atoms with Crippen molar-refractivity contribution in [3.8, 4) is 11.3 Å². The minimum atomic E-state index is -0.0899. The van der Waals surface area contributed by atoms with Crippen LogP contribution in [-0.4, -0.2) is 47.6 Å². The van der Waals surface area contributed by atoms with E-state index in [1.165, 1.54) is 0 Å². The first-order valence-electron chi connectivity index (χ1n) is 9.05. The second-order valence-electron chi connectivity index (χ2n) is 6.98. The van der Waals surface area contributed by atoms with E-state index in [0.29, 0.717) is 18.1 Å². The molecule has 9 nitrogen and oxygen atoms in total. The summed E-state index contributed by atoms with van der Waals surface area (Å²) < 4.78 is 3.30. The van der Waals surface area contributed by atoms with Gasteiger partial charge in [0.2, 0.25) is 0 Å². The van der Waals surface area contributed by atoms with Crippen molar-refractivity contribution in [2.45, 2.75) is 6.54 Å². The van der Waals surface area contributed by atoms with Crippen LogP contribution in [0.5, 0.6) is 0 Å². The third-order valence-electron chi connectivity index (χ3n) is 4.94. The van der Waals surface area contributed by atoms with Crippen LogP contribution in [0.15, 0.2) is 54.0 Å². The Morgan fingerprint density at radius 2 is 1.89 bits per heavy atom. The molecule has 1 saturated heterocycles. The van der Waals surface area contributed by atoms with E-state index in [9.17, 15) is 4.79 Å². The number of rotatable bonds is 4. The molecule has 140 valence electrons. The fraction of sp³-hybridized carbons (Fsp3) is 0.263. The SMILES string of the molecule is Cn1cc2c(N3CC(Cn4nc(-c5ccncc5)ccc4=O)C3)ncnc2n1. The van der Waals surface area contributed by atoms with Gasteiger partial charge in [-0.1, -0.05) is 0 Å². The summed E-state index contributed by atoms with van der Waals surface area (Å²) in [5, 5.41) is 9.81. The molecule has 5 rings (SSSR count). The molecule has 0 atom stereocenters. The highest BCUT2D eigenvalue weighted by atomic mass is 16.1. The lowest BCUT2D eigenvalue weighted by Crippen LogP contribution is -2.50. The molecule has 0 saturated carbocycles. The average Bonchev–Trinajstić information content (AvgIpc) is 3.07. The Balaban J connectivity index is 1.33. The lowest BCUT2D eigenvalue weighted by atomic mass is 10.00. The van der Waals surface area contributed by atoms with Crippen LogP contribution >= 0.6 is 0 Å². The van der Waals surface area contributed by atoms with Crippen LogP contribution in [0.25, 0.3) is 22.3 Å². The summed E-state index contributed by atoms with van der Waals surface area (Å²) in [6.45, 7) is 2.21. The summed E-state index contributed by atoms with van der Waals surface area (Å²) in [5.41, 5.74) is 2.32. The zero-order valence-electron chi connectivity index (χ0n) is 15.3. The van der Waals surface area contributed by atoms with Gasteiger partial charge in [0.05, 0.1) is 17.6 Å². The molecule has 28 heavy (non-hydrogen) atoms. The van der Waals surface area contributed by atoms with Crippen molar-refractivity contribution in [2.75, 3.05) is 18.0 Å². The van der Waals surface area contributed by atoms with Crippen LogP contribution in [0.2, 0.25) is 0 Å². The zero-order chi connectivity index (χ0) is 19.1. The number of pyridine rings is 1. The quantitative estimate of drug-likeness (QED) is 0.528. The Bertz CT molecular complexity index is 1190. The summed E-state index contributed by atoms with van der Waals surface area (Å²) in [6.07, 6.45) is 6.92. The number of fused-ring (bicyclic) bond motifs is 1. The molecule has 1 aliphatic rings. The second kappa shape index (κ2) is 6.52. The fourth-order valence-electron chi connectivity index (χ4n) is 3.55. The van der Waals surface area contributed by atoms with Gasteiger partial charge in [0.25, 0.3) is 5.56 Å². The molecule has 4 aromatic rings. The first kappa shape index (κ1) is 16.5. The third kappa shape index (κ3) is 2.90. The van der Waals surface area contributed by atoms with E-state index in [-0.39, 0.29) is 5.56 Å². The molecule has 0 unspecified atom stereocenters. The molecule has 0 N–H and O–H groups in total. The minimum absolute atomic E-state index is 0.0899. The number of anilines is 1. The summed E-state index contributed by atoms with van der Waals surface area (Å²) >= 11 is 0. The molecule has 9 heteroatoms. The standard InChI is InChI=1S/C19H18N8O/c1-25-11-15-18(24-25)21-12-22-19(15)26-8-13(9-26)10-27-17(28)3-2-16(23-27)14-4-6-20-7-5-14/h2-7,11-13H,8-10H2,1H3. The molecule has 1 aliphatic heterocycles. The number of aromatic nitrogens is 7. The molecular weight excluding hydrogens is 356 g/mol. The Hall–Kier alpha value is -3.62. The van der Waals surface area contributed by atoms with Crippen LogP contribution in [0.4, 0.5) is 5.82 Å². The van der Waals surface area contributed by atoms with Crippen molar-refractivity contribution < 1.29 is 0 Å².